The predicted molar refractivity (Wildman–Crippen MR) is 74.6 cm³/mol. The van der Waals surface area contributed by atoms with E-state index >= 15 is 0 Å². The van der Waals surface area contributed by atoms with Crippen LogP contribution >= 0.6 is 0 Å². The van der Waals surface area contributed by atoms with Crippen LogP contribution in [0.4, 0.5) is 20.2 Å². The molecule has 20 heavy (non-hydrogen) atoms. The first kappa shape index (κ1) is 14.0. The van der Waals surface area contributed by atoms with E-state index in [0.717, 1.165) is 12.1 Å². The van der Waals surface area contributed by atoms with Crippen LogP contribution in [0.1, 0.15) is 17.3 Å². The highest BCUT2D eigenvalue weighted by Gasteiger charge is 2.23. The molecule has 0 heterocycles. The van der Waals surface area contributed by atoms with Gasteiger partial charge in [-0.3, -0.25) is 4.79 Å². The van der Waals surface area contributed by atoms with Crippen molar-refractivity contribution < 1.29 is 13.6 Å². The molecule has 104 valence electrons. The van der Waals surface area contributed by atoms with Gasteiger partial charge in [-0.05, 0) is 37.3 Å². The first-order chi connectivity index (χ1) is 9.54. The molecule has 0 radical (unpaired) electrons. The summed E-state index contributed by atoms with van der Waals surface area (Å²) in [6, 6.07) is 9.94. The second-order valence-electron chi connectivity index (χ2n) is 4.24. The van der Waals surface area contributed by atoms with Gasteiger partial charge in [0.2, 0.25) is 0 Å². The van der Waals surface area contributed by atoms with E-state index < -0.39 is 23.1 Å². The lowest BCUT2D eigenvalue weighted by atomic mass is 10.1. The summed E-state index contributed by atoms with van der Waals surface area (Å²) in [6.45, 7) is 2.00. The minimum Gasteiger partial charge on any atom is -0.399 e. The van der Waals surface area contributed by atoms with Crippen molar-refractivity contribution in [1.29, 1.82) is 0 Å². The number of nitrogen functional groups attached to an aromatic ring is 1. The summed E-state index contributed by atoms with van der Waals surface area (Å²) in [5.41, 5.74) is 6.08. The maximum atomic E-state index is 13.7. The quantitative estimate of drug-likeness (QED) is 0.875. The molecule has 2 N–H and O–H groups in total. The smallest absolute Gasteiger partial charge is 0.264 e. The molecule has 2 aromatic carbocycles. The summed E-state index contributed by atoms with van der Waals surface area (Å²) in [5, 5.41) is 0. The van der Waals surface area contributed by atoms with Crippen molar-refractivity contribution in [2.45, 2.75) is 6.92 Å². The Morgan fingerprint density at radius 2 is 1.75 bits per heavy atom. The van der Waals surface area contributed by atoms with Gasteiger partial charge in [0.15, 0.2) is 0 Å². The van der Waals surface area contributed by atoms with Crippen LogP contribution in [0, 0.1) is 11.6 Å². The van der Waals surface area contributed by atoms with E-state index in [9.17, 15) is 13.6 Å². The van der Waals surface area contributed by atoms with Gasteiger partial charge in [-0.1, -0.05) is 12.1 Å². The van der Waals surface area contributed by atoms with Gasteiger partial charge in [0, 0.05) is 17.9 Å². The lowest BCUT2D eigenvalue weighted by molar-refractivity contribution is 0.0980. The zero-order valence-corrected chi connectivity index (χ0v) is 10.9. The van der Waals surface area contributed by atoms with Crippen LogP contribution in [0.5, 0.6) is 0 Å². The van der Waals surface area contributed by atoms with Crippen LogP contribution in [0.2, 0.25) is 0 Å². The Morgan fingerprint density at radius 1 is 1.15 bits per heavy atom. The number of carbonyl (C=O) groups excluding carboxylic acids is 1. The lowest BCUT2D eigenvalue weighted by Gasteiger charge is -2.22. The van der Waals surface area contributed by atoms with Crippen LogP contribution in [-0.2, 0) is 0 Å². The molecule has 0 unspecified atom stereocenters. The molecule has 0 saturated carbocycles. The fraction of sp³-hybridized carbons (Fsp3) is 0.133. The summed E-state index contributed by atoms with van der Waals surface area (Å²) < 4.78 is 27.4. The van der Waals surface area contributed by atoms with E-state index in [2.05, 4.69) is 0 Å². The van der Waals surface area contributed by atoms with Crippen LogP contribution in [0.3, 0.4) is 0 Å². The van der Waals surface area contributed by atoms with E-state index in [1.54, 1.807) is 31.2 Å². The van der Waals surface area contributed by atoms with Gasteiger partial charge in [0.1, 0.15) is 17.2 Å². The summed E-state index contributed by atoms with van der Waals surface area (Å²) in [6.07, 6.45) is 0. The zero-order chi connectivity index (χ0) is 14.7. The number of hydrogen-bond donors (Lipinski definition) is 1. The number of benzene rings is 2. The topological polar surface area (TPSA) is 46.3 Å². The second kappa shape index (κ2) is 5.69. The summed E-state index contributed by atoms with van der Waals surface area (Å²) in [7, 11) is 0. The highest BCUT2D eigenvalue weighted by molar-refractivity contribution is 6.06. The second-order valence-corrected chi connectivity index (χ2v) is 4.24. The van der Waals surface area contributed by atoms with Crippen molar-refractivity contribution in [2.24, 2.45) is 0 Å². The lowest BCUT2D eigenvalue weighted by Crippen LogP contribution is -2.32. The van der Waals surface area contributed by atoms with Gasteiger partial charge >= 0.3 is 0 Å². The number of nitrogens with two attached hydrogens (primary N) is 1. The molecule has 0 fully saturated rings. The first-order valence-electron chi connectivity index (χ1n) is 6.16. The molecule has 0 aromatic heterocycles. The highest BCUT2D eigenvalue weighted by Crippen LogP contribution is 2.22. The third kappa shape index (κ3) is 2.61. The molecule has 0 saturated heterocycles. The van der Waals surface area contributed by atoms with Gasteiger partial charge in [-0.15, -0.1) is 0 Å². The van der Waals surface area contributed by atoms with Crippen molar-refractivity contribution >= 4 is 17.3 Å². The molecule has 1 amide bonds. The molecular formula is C15H14F2N2O. The molecule has 0 bridgehead atoms. The number of anilines is 2. The van der Waals surface area contributed by atoms with Crippen molar-refractivity contribution in [2.75, 3.05) is 17.2 Å². The van der Waals surface area contributed by atoms with Crippen LogP contribution in [0.25, 0.3) is 0 Å². The fourth-order valence-electron chi connectivity index (χ4n) is 1.97. The molecule has 2 aromatic rings. The minimum absolute atomic E-state index is 0.274. The Morgan fingerprint density at radius 3 is 2.30 bits per heavy atom. The number of amides is 1. The van der Waals surface area contributed by atoms with E-state index in [1.807, 2.05) is 0 Å². The Kier molecular flexibility index (Phi) is 3.98. The third-order valence-electron chi connectivity index (χ3n) is 2.92. The van der Waals surface area contributed by atoms with Crippen LogP contribution < -0.4 is 10.6 Å². The maximum absolute atomic E-state index is 13.7. The maximum Gasteiger partial charge on any atom is 0.264 e. The molecule has 2 rings (SSSR count). The molecule has 0 atom stereocenters. The Bertz CT molecular complexity index is 623. The standard InChI is InChI=1S/C15H14F2N2O/c1-2-19(11-6-3-5-10(18)9-11)15(20)14-12(16)7-4-8-13(14)17/h3-9H,2,18H2,1H3. The normalized spacial score (nSPS) is 10.3. The Labute approximate surface area is 115 Å². The monoisotopic (exact) mass is 276 g/mol. The van der Waals surface area contributed by atoms with Crippen molar-refractivity contribution in [3.8, 4) is 0 Å². The van der Waals surface area contributed by atoms with Gasteiger partial charge in [-0.2, -0.15) is 0 Å². The van der Waals surface area contributed by atoms with Crippen molar-refractivity contribution in [3.63, 3.8) is 0 Å². The van der Waals surface area contributed by atoms with E-state index in [1.165, 1.54) is 11.0 Å². The molecule has 0 aliphatic rings. The van der Waals surface area contributed by atoms with E-state index in [4.69, 9.17) is 5.73 Å². The number of hydrogen-bond acceptors (Lipinski definition) is 2. The van der Waals surface area contributed by atoms with Gasteiger partial charge in [-0.25, -0.2) is 8.78 Å². The molecule has 0 aliphatic carbocycles. The Hall–Kier alpha value is -2.43. The predicted octanol–water partition coefficient (Wildman–Crippen LogP) is 3.21. The van der Waals surface area contributed by atoms with Crippen LogP contribution in [-0.4, -0.2) is 12.5 Å². The fourth-order valence-corrected chi connectivity index (χ4v) is 1.97. The third-order valence-corrected chi connectivity index (χ3v) is 2.92. The minimum atomic E-state index is -0.877. The van der Waals surface area contributed by atoms with Gasteiger partial charge in [0.05, 0.1) is 0 Å². The zero-order valence-electron chi connectivity index (χ0n) is 10.9. The number of carbonyl (C=O) groups is 1. The molecule has 0 spiro atoms. The Balaban J connectivity index is 2.45. The number of halogens is 2. The first-order valence-corrected chi connectivity index (χ1v) is 6.16. The summed E-state index contributed by atoms with van der Waals surface area (Å²) in [4.78, 5) is 13.6. The number of nitrogens with zero attached hydrogens (tertiary/aromatic N) is 1. The van der Waals surface area contributed by atoms with Gasteiger partial charge < -0.3 is 10.6 Å². The molecular weight excluding hydrogens is 262 g/mol. The average molecular weight is 276 g/mol. The largest absolute Gasteiger partial charge is 0.399 e. The molecule has 5 heteroatoms. The highest BCUT2D eigenvalue weighted by atomic mass is 19.1. The summed E-state index contributed by atoms with van der Waals surface area (Å²) in [5.74, 6) is -2.48. The average Bonchev–Trinajstić information content (AvgIpc) is 2.39. The molecule has 0 aliphatic heterocycles. The van der Waals surface area contributed by atoms with Crippen LogP contribution in [0.15, 0.2) is 42.5 Å². The summed E-state index contributed by atoms with van der Waals surface area (Å²) >= 11 is 0. The SMILES string of the molecule is CCN(C(=O)c1c(F)cccc1F)c1cccc(N)c1. The van der Waals surface area contributed by atoms with E-state index in [-0.39, 0.29) is 6.54 Å². The number of rotatable bonds is 3. The van der Waals surface area contributed by atoms with Gasteiger partial charge in [0.25, 0.3) is 5.91 Å². The van der Waals surface area contributed by atoms with Crippen molar-refractivity contribution in [3.05, 3.63) is 59.7 Å². The molecule has 3 nitrogen and oxygen atoms in total. The van der Waals surface area contributed by atoms with Crippen molar-refractivity contribution in [1.82, 2.24) is 0 Å². The van der Waals surface area contributed by atoms with E-state index in [0.29, 0.717) is 11.4 Å².